The van der Waals surface area contributed by atoms with Crippen LogP contribution in [0.5, 0.6) is 0 Å². The Hall–Kier alpha value is -3.24. The second-order valence-corrected chi connectivity index (χ2v) is 9.09. The van der Waals surface area contributed by atoms with Crippen molar-refractivity contribution in [2.75, 3.05) is 13.7 Å². The summed E-state index contributed by atoms with van der Waals surface area (Å²) in [5.74, 6) is -0.513. The lowest BCUT2D eigenvalue weighted by Crippen LogP contribution is -2.29. The number of carbonyl (C=O) groups is 1. The van der Waals surface area contributed by atoms with E-state index in [0.29, 0.717) is 34.8 Å². The lowest BCUT2D eigenvalue weighted by Gasteiger charge is -2.19. The number of thioether (sulfide) groups is 1. The summed E-state index contributed by atoms with van der Waals surface area (Å²) in [5, 5.41) is 11.8. The average molecular weight is 470 g/mol. The van der Waals surface area contributed by atoms with E-state index in [-0.39, 0.29) is 22.6 Å². The van der Waals surface area contributed by atoms with Gasteiger partial charge in [0.05, 0.1) is 41.1 Å². The van der Waals surface area contributed by atoms with Crippen LogP contribution < -0.4 is 5.56 Å². The largest absolute Gasteiger partial charge is 0.465 e. The molecule has 0 radical (unpaired) electrons. The summed E-state index contributed by atoms with van der Waals surface area (Å²) in [7, 11) is 1.29. The number of nitro benzene ring substituents is 1. The van der Waals surface area contributed by atoms with Gasteiger partial charge in [-0.25, -0.2) is 9.78 Å². The van der Waals surface area contributed by atoms with E-state index in [1.807, 2.05) is 13.0 Å². The van der Waals surface area contributed by atoms with Crippen molar-refractivity contribution in [2.45, 2.75) is 42.8 Å². The molecule has 1 aliphatic heterocycles. The summed E-state index contributed by atoms with van der Waals surface area (Å²) in [5.41, 5.74) is 1.22. The van der Waals surface area contributed by atoms with Crippen LogP contribution in [-0.4, -0.2) is 40.3 Å². The smallest absolute Gasteiger partial charge is 0.337 e. The molecule has 1 aromatic heterocycles. The van der Waals surface area contributed by atoms with E-state index >= 15 is 0 Å². The topological polar surface area (TPSA) is 114 Å². The minimum Gasteiger partial charge on any atom is -0.465 e. The van der Waals surface area contributed by atoms with Gasteiger partial charge in [0.15, 0.2) is 5.16 Å². The summed E-state index contributed by atoms with van der Waals surface area (Å²) in [6, 6.07) is 11.1. The van der Waals surface area contributed by atoms with Crippen molar-refractivity contribution >= 4 is 34.3 Å². The van der Waals surface area contributed by atoms with Crippen LogP contribution in [0, 0.1) is 10.1 Å². The second-order valence-electron chi connectivity index (χ2n) is 7.78. The van der Waals surface area contributed by atoms with E-state index in [4.69, 9.17) is 14.5 Å². The third kappa shape index (κ3) is 4.91. The zero-order valence-corrected chi connectivity index (χ0v) is 19.0. The van der Waals surface area contributed by atoms with E-state index in [1.165, 1.54) is 31.0 Å². The number of benzene rings is 2. The highest BCUT2D eigenvalue weighted by Crippen LogP contribution is 2.35. The highest BCUT2D eigenvalue weighted by atomic mass is 32.2. The number of carbonyl (C=O) groups excluding carboxylic acids is 1. The molecule has 0 bridgehead atoms. The first-order chi connectivity index (χ1) is 15.9. The third-order valence-electron chi connectivity index (χ3n) is 5.58. The molecule has 1 aliphatic rings. The molecule has 33 heavy (non-hydrogen) atoms. The Morgan fingerprint density at radius 3 is 2.88 bits per heavy atom. The number of hydrogen-bond acceptors (Lipinski definition) is 8. The molecular formula is C23H23N3O6S. The number of aromatic nitrogens is 2. The Morgan fingerprint density at radius 1 is 1.36 bits per heavy atom. The maximum Gasteiger partial charge on any atom is 0.337 e. The average Bonchev–Trinajstić information content (AvgIpc) is 3.34. The van der Waals surface area contributed by atoms with Gasteiger partial charge in [-0.05, 0) is 43.5 Å². The lowest BCUT2D eigenvalue weighted by atomic mass is 10.1. The van der Waals surface area contributed by atoms with Crippen molar-refractivity contribution in [3.63, 3.8) is 0 Å². The van der Waals surface area contributed by atoms with E-state index in [2.05, 4.69) is 0 Å². The third-order valence-corrected chi connectivity index (χ3v) is 6.73. The van der Waals surface area contributed by atoms with Gasteiger partial charge in [-0.3, -0.25) is 19.5 Å². The molecule has 4 rings (SSSR count). The fraction of sp³-hybridized carbons (Fsp3) is 0.348. The van der Waals surface area contributed by atoms with Gasteiger partial charge in [-0.15, -0.1) is 0 Å². The molecule has 2 atom stereocenters. The number of rotatable bonds is 7. The van der Waals surface area contributed by atoms with E-state index in [1.54, 1.807) is 28.8 Å². The molecule has 0 aliphatic carbocycles. The quantitative estimate of drug-likeness (QED) is 0.167. The Morgan fingerprint density at radius 2 is 2.18 bits per heavy atom. The molecule has 1 fully saturated rings. The molecule has 0 spiro atoms. The van der Waals surface area contributed by atoms with Crippen LogP contribution in [0.25, 0.3) is 10.9 Å². The van der Waals surface area contributed by atoms with Crippen LogP contribution in [0.3, 0.4) is 0 Å². The van der Waals surface area contributed by atoms with E-state index in [0.717, 1.165) is 18.4 Å². The Bertz CT molecular complexity index is 1270. The predicted molar refractivity (Wildman–Crippen MR) is 124 cm³/mol. The predicted octanol–water partition coefficient (Wildman–Crippen LogP) is 4.12. The lowest BCUT2D eigenvalue weighted by molar-refractivity contribution is -0.384. The molecule has 2 unspecified atom stereocenters. The molecule has 172 valence electrons. The number of nitrogens with zero attached hydrogens (tertiary/aromatic N) is 3. The molecule has 9 nitrogen and oxygen atoms in total. The molecule has 0 amide bonds. The van der Waals surface area contributed by atoms with Crippen molar-refractivity contribution in [1.82, 2.24) is 9.55 Å². The van der Waals surface area contributed by atoms with Crippen molar-refractivity contribution in [3.8, 4) is 0 Å². The molecular weight excluding hydrogens is 446 g/mol. The van der Waals surface area contributed by atoms with Crippen LogP contribution in [-0.2, 0) is 16.0 Å². The molecule has 3 aromatic rings. The van der Waals surface area contributed by atoms with Crippen LogP contribution in [0.4, 0.5) is 5.69 Å². The van der Waals surface area contributed by atoms with Gasteiger partial charge >= 0.3 is 5.97 Å². The fourth-order valence-corrected chi connectivity index (χ4v) is 4.84. The van der Waals surface area contributed by atoms with Crippen molar-refractivity contribution < 1.29 is 19.2 Å². The summed E-state index contributed by atoms with van der Waals surface area (Å²) in [6.45, 7) is 2.93. The maximum atomic E-state index is 13.4. The molecule has 2 heterocycles. The number of nitro groups is 1. The van der Waals surface area contributed by atoms with Crippen LogP contribution in [0.2, 0.25) is 0 Å². The minimum atomic E-state index is -0.513. The summed E-state index contributed by atoms with van der Waals surface area (Å²) in [4.78, 5) is 40.8. The zero-order valence-electron chi connectivity index (χ0n) is 18.2. The van der Waals surface area contributed by atoms with Gasteiger partial charge in [0.2, 0.25) is 0 Å². The number of esters is 1. The van der Waals surface area contributed by atoms with Gasteiger partial charge in [0.25, 0.3) is 11.2 Å². The number of ether oxygens (including phenoxy) is 2. The number of hydrogen-bond donors (Lipinski definition) is 0. The molecule has 2 aromatic carbocycles. The highest BCUT2D eigenvalue weighted by Gasteiger charge is 2.22. The first kappa shape index (κ1) is 22.9. The Kier molecular flexibility index (Phi) is 6.75. The van der Waals surface area contributed by atoms with Gasteiger partial charge in [-0.1, -0.05) is 23.9 Å². The molecule has 0 saturated carbocycles. The van der Waals surface area contributed by atoms with Gasteiger partial charge in [-0.2, -0.15) is 0 Å². The molecule has 10 heteroatoms. The minimum absolute atomic E-state index is 0.00545. The van der Waals surface area contributed by atoms with Crippen molar-refractivity contribution in [2.24, 2.45) is 0 Å². The normalized spacial score (nSPS) is 16.6. The van der Waals surface area contributed by atoms with Gasteiger partial charge < -0.3 is 9.47 Å². The standard InChI is InChI=1S/C23H23N3O6S/c1-14(15-5-3-6-17(11-15)26(29)30)33-23-24-20-12-16(22(28)31-2)8-9-19(20)21(27)25(23)13-18-7-4-10-32-18/h3,5-6,8-9,11-12,14,18H,4,7,10,13H2,1-2H3. The molecule has 0 N–H and O–H groups in total. The zero-order chi connectivity index (χ0) is 23.5. The summed E-state index contributed by atoms with van der Waals surface area (Å²) >= 11 is 1.33. The van der Waals surface area contributed by atoms with E-state index in [9.17, 15) is 19.7 Å². The van der Waals surface area contributed by atoms with Crippen molar-refractivity contribution in [1.29, 1.82) is 0 Å². The Balaban J connectivity index is 1.77. The van der Waals surface area contributed by atoms with E-state index < -0.39 is 10.9 Å². The maximum absolute atomic E-state index is 13.4. The molecule has 1 saturated heterocycles. The summed E-state index contributed by atoms with van der Waals surface area (Å²) < 4.78 is 12.1. The fourth-order valence-electron chi connectivity index (χ4n) is 3.81. The van der Waals surface area contributed by atoms with Crippen LogP contribution >= 0.6 is 11.8 Å². The van der Waals surface area contributed by atoms with Gasteiger partial charge in [0, 0.05) is 24.0 Å². The Labute approximate surface area is 193 Å². The highest BCUT2D eigenvalue weighted by molar-refractivity contribution is 7.99. The first-order valence-corrected chi connectivity index (χ1v) is 11.4. The van der Waals surface area contributed by atoms with Crippen molar-refractivity contribution in [3.05, 3.63) is 74.1 Å². The number of non-ortho nitro benzene ring substituents is 1. The monoisotopic (exact) mass is 469 g/mol. The second kappa shape index (κ2) is 9.72. The van der Waals surface area contributed by atoms with Crippen LogP contribution in [0.15, 0.2) is 52.4 Å². The number of methoxy groups -OCH3 is 1. The number of fused-ring (bicyclic) bond motifs is 1. The SMILES string of the molecule is COC(=O)c1ccc2c(=O)n(CC3CCCO3)c(SC(C)c3cccc([N+](=O)[O-])c3)nc2c1. The van der Waals surface area contributed by atoms with Crippen LogP contribution in [0.1, 0.15) is 40.9 Å². The first-order valence-electron chi connectivity index (χ1n) is 10.5. The van der Waals surface area contributed by atoms with Gasteiger partial charge in [0.1, 0.15) is 0 Å². The summed E-state index contributed by atoms with van der Waals surface area (Å²) in [6.07, 6.45) is 1.72.